The molecule has 3 rings (SSSR count). The maximum absolute atomic E-state index is 3.63. The average Bonchev–Trinajstić information content (AvgIpc) is 2.45. The standard InChI is InChI=1S/C12H12BrN/c1-8-5-9-3-2-4-14-7-11(13)10(6-8)12(9)14/h5-7H,2-4H2,1H3. The SMILES string of the molecule is Cc1cc2c3c(c1)c(Br)cn3CCC2. The van der Waals surface area contributed by atoms with E-state index >= 15 is 0 Å². The Hall–Kier alpha value is -0.760. The van der Waals surface area contributed by atoms with Crippen molar-refractivity contribution >= 4 is 26.8 Å². The molecule has 2 heteroatoms. The lowest BCUT2D eigenvalue weighted by Gasteiger charge is -2.15. The summed E-state index contributed by atoms with van der Waals surface area (Å²) in [4.78, 5) is 0. The molecule has 2 heterocycles. The van der Waals surface area contributed by atoms with E-state index in [4.69, 9.17) is 0 Å². The molecule has 0 saturated carbocycles. The first-order valence-electron chi connectivity index (χ1n) is 5.03. The van der Waals surface area contributed by atoms with Crippen LogP contribution in [-0.2, 0) is 13.0 Å². The molecule has 0 saturated heterocycles. The Morgan fingerprint density at radius 3 is 3.07 bits per heavy atom. The molecule has 1 aliphatic heterocycles. The highest BCUT2D eigenvalue weighted by Gasteiger charge is 2.15. The van der Waals surface area contributed by atoms with Crippen molar-refractivity contribution in [2.75, 3.05) is 0 Å². The Labute approximate surface area is 91.9 Å². The molecule has 0 bridgehead atoms. The Balaban J connectivity index is 2.49. The second-order valence-electron chi connectivity index (χ2n) is 4.09. The minimum Gasteiger partial charge on any atom is -0.346 e. The Morgan fingerprint density at radius 1 is 1.36 bits per heavy atom. The molecule has 1 aromatic heterocycles. The van der Waals surface area contributed by atoms with E-state index in [0.717, 1.165) is 6.54 Å². The molecule has 1 nitrogen and oxygen atoms in total. The molecule has 0 fully saturated rings. The number of aryl methyl sites for hydroxylation is 3. The second-order valence-corrected chi connectivity index (χ2v) is 4.95. The van der Waals surface area contributed by atoms with Crippen LogP contribution in [0.1, 0.15) is 17.5 Å². The topological polar surface area (TPSA) is 4.93 Å². The highest BCUT2D eigenvalue weighted by atomic mass is 79.9. The van der Waals surface area contributed by atoms with Gasteiger partial charge in [0.25, 0.3) is 0 Å². The third-order valence-electron chi connectivity index (χ3n) is 2.99. The van der Waals surface area contributed by atoms with E-state index in [9.17, 15) is 0 Å². The number of aromatic nitrogens is 1. The lowest BCUT2D eigenvalue weighted by Crippen LogP contribution is -2.06. The quantitative estimate of drug-likeness (QED) is 0.672. The van der Waals surface area contributed by atoms with E-state index in [2.05, 4.69) is 45.8 Å². The van der Waals surface area contributed by atoms with Crippen molar-refractivity contribution < 1.29 is 0 Å². The van der Waals surface area contributed by atoms with Gasteiger partial charge in [-0.2, -0.15) is 0 Å². The third-order valence-corrected chi connectivity index (χ3v) is 3.62. The van der Waals surface area contributed by atoms with Crippen molar-refractivity contribution in [2.24, 2.45) is 0 Å². The van der Waals surface area contributed by atoms with Gasteiger partial charge in [0.2, 0.25) is 0 Å². The van der Waals surface area contributed by atoms with Gasteiger partial charge in [-0.25, -0.2) is 0 Å². The predicted octanol–water partition coefficient (Wildman–Crippen LogP) is 3.66. The molecular weight excluding hydrogens is 238 g/mol. The normalized spacial score (nSPS) is 15.0. The Kier molecular flexibility index (Phi) is 1.75. The van der Waals surface area contributed by atoms with Gasteiger partial charge < -0.3 is 4.57 Å². The fraction of sp³-hybridized carbons (Fsp3) is 0.333. The summed E-state index contributed by atoms with van der Waals surface area (Å²) in [6.45, 7) is 3.34. The molecule has 0 atom stereocenters. The Bertz CT molecular complexity index is 511. The van der Waals surface area contributed by atoms with E-state index in [1.807, 2.05) is 0 Å². The molecule has 1 aliphatic rings. The summed E-state index contributed by atoms with van der Waals surface area (Å²) >= 11 is 3.63. The smallest absolute Gasteiger partial charge is 0.0524 e. The molecule has 0 radical (unpaired) electrons. The minimum absolute atomic E-state index is 1.16. The molecule has 1 aromatic carbocycles. The number of hydrogen-bond donors (Lipinski definition) is 0. The van der Waals surface area contributed by atoms with Gasteiger partial charge in [0, 0.05) is 22.6 Å². The van der Waals surface area contributed by atoms with Gasteiger partial charge in [-0.05, 0) is 47.3 Å². The summed E-state index contributed by atoms with van der Waals surface area (Å²) in [5.74, 6) is 0. The molecule has 0 N–H and O–H groups in total. The van der Waals surface area contributed by atoms with Crippen LogP contribution in [0.4, 0.5) is 0 Å². The van der Waals surface area contributed by atoms with Gasteiger partial charge in [-0.15, -0.1) is 0 Å². The lowest BCUT2D eigenvalue weighted by molar-refractivity contribution is 0.635. The Morgan fingerprint density at radius 2 is 2.21 bits per heavy atom. The number of halogens is 1. The largest absolute Gasteiger partial charge is 0.346 e. The van der Waals surface area contributed by atoms with E-state index in [1.165, 1.54) is 39.3 Å². The summed E-state index contributed by atoms with van der Waals surface area (Å²) in [6, 6.07) is 4.59. The van der Waals surface area contributed by atoms with Gasteiger partial charge in [0.1, 0.15) is 0 Å². The molecule has 72 valence electrons. The summed E-state index contributed by atoms with van der Waals surface area (Å²) in [7, 11) is 0. The van der Waals surface area contributed by atoms with Crippen molar-refractivity contribution in [3.05, 3.63) is 33.9 Å². The first-order valence-corrected chi connectivity index (χ1v) is 5.83. The van der Waals surface area contributed by atoms with Gasteiger partial charge in [-0.1, -0.05) is 11.6 Å². The minimum atomic E-state index is 1.16. The zero-order chi connectivity index (χ0) is 9.71. The van der Waals surface area contributed by atoms with Crippen LogP contribution in [0.5, 0.6) is 0 Å². The number of rotatable bonds is 0. The number of hydrogen-bond acceptors (Lipinski definition) is 0. The van der Waals surface area contributed by atoms with Crippen LogP contribution in [-0.4, -0.2) is 4.57 Å². The zero-order valence-electron chi connectivity index (χ0n) is 8.18. The maximum atomic E-state index is 3.63. The second kappa shape index (κ2) is 2.86. The number of nitrogens with zero attached hydrogens (tertiary/aromatic N) is 1. The van der Waals surface area contributed by atoms with Crippen LogP contribution in [0.15, 0.2) is 22.8 Å². The van der Waals surface area contributed by atoms with Crippen LogP contribution in [0.2, 0.25) is 0 Å². The monoisotopic (exact) mass is 249 g/mol. The van der Waals surface area contributed by atoms with Crippen molar-refractivity contribution in [1.29, 1.82) is 0 Å². The molecule has 0 amide bonds. The van der Waals surface area contributed by atoms with Crippen molar-refractivity contribution in [1.82, 2.24) is 4.57 Å². The lowest BCUT2D eigenvalue weighted by atomic mass is 10.0. The van der Waals surface area contributed by atoms with Crippen LogP contribution in [0.25, 0.3) is 10.9 Å². The summed E-state index contributed by atoms with van der Waals surface area (Å²) in [5, 5.41) is 1.37. The molecule has 0 spiro atoms. The maximum Gasteiger partial charge on any atom is 0.0524 e. The number of benzene rings is 1. The summed E-state index contributed by atoms with van der Waals surface area (Å²) < 4.78 is 3.61. The van der Waals surface area contributed by atoms with Crippen LogP contribution >= 0.6 is 15.9 Å². The van der Waals surface area contributed by atoms with E-state index in [1.54, 1.807) is 0 Å². The molecule has 14 heavy (non-hydrogen) atoms. The van der Waals surface area contributed by atoms with Crippen molar-refractivity contribution in [3.63, 3.8) is 0 Å². The molecule has 2 aromatic rings. The average molecular weight is 250 g/mol. The van der Waals surface area contributed by atoms with E-state index in [0.29, 0.717) is 0 Å². The summed E-state index contributed by atoms with van der Waals surface area (Å²) in [5.41, 5.74) is 4.32. The van der Waals surface area contributed by atoms with Crippen LogP contribution in [0.3, 0.4) is 0 Å². The first-order chi connectivity index (χ1) is 6.75. The van der Waals surface area contributed by atoms with Crippen molar-refractivity contribution in [2.45, 2.75) is 26.3 Å². The van der Waals surface area contributed by atoms with Gasteiger partial charge in [0.15, 0.2) is 0 Å². The zero-order valence-corrected chi connectivity index (χ0v) is 9.76. The highest BCUT2D eigenvalue weighted by Crippen LogP contribution is 2.33. The van der Waals surface area contributed by atoms with Crippen molar-refractivity contribution in [3.8, 4) is 0 Å². The summed E-state index contributed by atoms with van der Waals surface area (Å²) in [6.07, 6.45) is 4.72. The first kappa shape index (κ1) is 8.54. The van der Waals surface area contributed by atoms with Gasteiger partial charge in [0.05, 0.1) is 5.52 Å². The van der Waals surface area contributed by atoms with Crippen LogP contribution in [0, 0.1) is 6.92 Å². The molecular formula is C12H12BrN. The highest BCUT2D eigenvalue weighted by molar-refractivity contribution is 9.10. The molecule has 0 unspecified atom stereocenters. The van der Waals surface area contributed by atoms with E-state index in [-0.39, 0.29) is 0 Å². The molecule has 0 aliphatic carbocycles. The predicted molar refractivity (Wildman–Crippen MR) is 62.7 cm³/mol. The third kappa shape index (κ3) is 1.07. The van der Waals surface area contributed by atoms with Crippen LogP contribution < -0.4 is 0 Å². The van der Waals surface area contributed by atoms with Gasteiger partial charge >= 0.3 is 0 Å². The van der Waals surface area contributed by atoms with Gasteiger partial charge in [-0.3, -0.25) is 0 Å². The fourth-order valence-electron chi connectivity index (χ4n) is 2.45. The fourth-order valence-corrected chi connectivity index (χ4v) is 3.00. The van der Waals surface area contributed by atoms with E-state index < -0.39 is 0 Å².